The van der Waals surface area contributed by atoms with Crippen molar-refractivity contribution >= 4 is 51.5 Å². The predicted octanol–water partition coefficient (Wildman–Crippen LogP) is 4.97. The van der Waals surface area contributed by atoms with Crippen molar-refractivity contribution in [2.75, 3.05) is 0 Å². The fraction of sp³-hybridized carbons (Fsp3) is 0.0476. The summed E-state index contributed by atoms with van der Waals surface area (Å²) in [6, 6.07) is 15.8. The van der Waals surface area contributed by atoms with E-state index in [4.69, 9.17) is 4.42 Å². The molecule has 2 aromatic carbocycles. The van der Waals surface area contributed by atoms with E-state index in [0.29, 0.717) is 28.2 Å². The number of furan rings is 1. The number of rotatable bonds is 4. The smallest absolute Gasteiger partial charge is 0.401 e. The van der Waals surface area contributed by atoms with Crippen molar-refractivity contribution in [1.29, 1.82) is 0 Å². The van der Waals surface area contributed by atoms with Crippen molar-refractivity contribution in [3.8, 4) is 5.69 Å². The first-order chi connectivity index (χ1) is 13.9. The molecule has 0 aliphatic carbocycles. The van der Waals surface area contributed by atoms with Gasteiger partial charge in [0.05, 0.1) is 22.7 Å². The quantitative estimate of drug-likeness (QED) is 0.225. The molecule has 0 saturated heterocycles. The molecule has 2 aromatic heterocycles. The lowest BCUT2D eigenvalue weighted by molar-refractivity contribution is -0.402. The van der Waals surface area contributed by atoms with E-state index in [-0.39, 0.29) is 11.4 Å². The second kappa shape index (κ2) is 7.63. The maximum atomic E-state index is 13.3. The standard InChI is InChI=1S/C21H14IN3O4/c1-13-3-2-4-15(11-13)24-19(9-6-16-7-10-20(29-16)25(27)28)23-18-8-5-14(22)12-17(18)21(24)26/h2-12H,1H3/b9-6+. The maximum absolute atomic E-state index is 13.3. The molecular formula is C21H14IN3O4. The first-order valence-corrected chi connectivity index (χ1v) is 9.72. The molecule has 0 bridgehead atoms. The van der Waals surface area contributed by atoms with E-state index in [2.05, 4.69) is 27.6 Å². The first kappa shape index (κ1) is 19.1. The van der Waals surface area contributed by atoms with E-state index in [1.165, 1.54) is 16.7 Å². The van der Waals surface area contributed by atoms with Crippen molar-refractivity contribution in [3.05, 3.63) is 95.8 Å². The highest BCUT2D eigenvalue weighted by Crippen LogP contribution is 2.20. The number of aromatic nitrogens is 2. The zero-order chi connectivity index (χ0) is 20.5. The molecule has 0 amide bonds. The summed E-state index contributed by atoms with van der Waals surface area (Å²) in [5.74, 6) is 0.347. The van der Waals surface area contributed by atoms with Gasteiger partial charge in [-0.2, -0.15) is 0 Å². The van der Waals surface area contributed by atoms with E-state index in [9.17, 15) is 14.9 Å². The molecule has 0 aliphatic rings. The topological polar surface area (TPSA) is 91.2 Å². The molecule has 0 spiro atoms. The Morgan fingerprint density at radius 3 is 2.69 bits per heavy atom. The molecule has 7 nitrogen and oxygen atoms in total. The minimum absolute atomic E-state index is 0.191. The first-order valence-electron chi connectivity index (χ1n) is 8.64. The summed E-state index contributed by atoms with van der Waals surface area (Å²) < 4.78 is 7.63. The third-order valence-electron chi connectivity index (χ3n) is 4.31. The van der Waals surface area contributed by atoms with Crippen LogP contribution in [0.5, 0.6) is 0 Å². The van der Waals surface area contributed by atoms with Gasteiger partial charge in [-0.15, -0.1) is 0 Å². The lowest BCUT2D eigenvalue weighted by Crippen LogP contribution is -2.22. The molecule has 4 aromatic rings. The van der Waals surface area contributed by atoms with Crippen LogP contribution in [0.25, 0.3) is 28.7 Å². The molecule has 2 heterocycles. The van der Waals surface area contributed by atoms with Gasteiger partial charge in [0.2, 0.25) is 0 Å². The normalized spacial score (nSPS) is 11.4. The summed E-state index contributed by atoms with van der Waals surface area (Å²) in [5, 5.41) is 11.3. The van der Waals surface area contributed by atoms with Crippen LogP contribution in [0.15, 0.2) is 63.8 Å². The van der Waals surface area contributed by atoms with Crippen LogP contribution in [0.4, 0.5) is 5.88 Å². The third kappa shape index (κ3) is 3.83. The van der Waals surface area contributed by atoms with Gasteiger partial charge in [-0.25, -0.2) is 4.98 Å². The number of nitro groups is 1. The highest BCUT2D eigenvalue weighted by atomic mass is 127. The Labute approximate surface area is 178 Å². The van der Waals surface area contributed by atoms with E-state index >= 15 is 0 Å². The number of nitrogens with zero attached hydrogens (tertiary/aromatic N) is 3. The van der Waals surface area contributed by atoms with Crippen LogP contribution in [0.1, 0.15) is 17.1 Å². The average Bonchev–Trinajstić information content (AvgIpc) is 3.16. The number of benzene rings is 2. The summed E-state index contributed by atoms with van der Waals surface area (Å²) in [4.78, 5) is 28.1. The van der Waals surface area contributed by atoms with Crippen molar-refractivity contribution in [2.24, 2.45) is 0 Å². The summed E-state index contributed by atoms with van der Waals surface area (Å²) in [6.45, 7) is 1.95. The molecule has 144 valence electrons. The van der Waals surface area contributed by atoms with Crippen LogP contribution in [-0.2, 0) is 0 Å². The van der Waals surface area contributed by atoms with Crippen LogP contribution >= 0.6 is 22.6 Å². The minimum Gasteiger partial charge on any atom is -0.401 e. The zero-order valence-electron chi connectivity index (χ0n) is 15.2. The van der Waals surface area contributed by atoms with Gasteiger partial charge in [-0.3, -0.25) is 19.5 Å². The van der Waals surface area contributed by atoms with Gasteiger partial charge in [0.15, 0.2) is 0 Å². The van der Waals surface area contributed by atoms with Crippen molar-refractivity contribution in [3.63, 3.8) is 0 Å². The number of aryl methyl sites for hydroxylation is 1. The van der Waals surface area contributed by atoms with E-state index in [1.807, 2.05) is 37.3 Å². The van der Waals surface area contributed by atoms with E-state index < -0.39 is 4.92 Å². The number of hydrogen-bond acceptors (Lipinski definition) is 5. The van der Waals surface area contributed by atoms with Gasteiger partial charge in [0.1, 0.15) is 16.5 Å². The number of fused-ring (bicyclic) bond motifs is 1. The molecule has 0 saturated carbocycles. The highest BCUT2D eigenvalue weighted by Gasteiger charge is 2.13. The molecule has 0 unspecified atom stereocenters. The third-order valence-corrected chi connectivity index (χ3v) is 4.98. The molecule has 4 rings (SSSR count). The Morgan fingerprint density at radius 1 is 1.14 bits per heavy atom. The number of hydrogen-bond donors (Lipinski definition) is 0. The van der Waals surface area contributed by atoms with Gasteiger partial charge in [0, 0.05) is 3.57 Å². The monoisotopic (exact) mass is 499 g/mol. The van der Waals surface area contributed by atoms with E-state index in [0.717, 1.165) is 9.13 Å². The molecule has 0 fully saturated rings. The fourth-order valence-corrected chi connectivity index (χ4v) is 3.48. The Morgan fingerprint density at radius 2 is 1.97 bits per heavy atom. The Kier molecular flexibility index (Phi) is 5.01. The van der Waals surface area contributed by atoms with Crippen molar-refractivity contribution < 1.29 is 9.34 Å². The fourth-order valence-electron chi connectivity index (χ4n) is 2.99. The summed E-state index contributed by atoms with van der Waals surface area (Å²) >= 11 is 2.16. The zero-order valence-corrected chi connectivity index (χ0v) is 17.4. The Bertz CT molecular complexity index is 1340. The molecule has 0 radical (unpaired) electrons. The molecule has 8 heteroatoms. The predicted molar refractivity (Wildman–Crippen MR) is 119 cm³/mol. The molecule has 0 aliphatic heterocycles. The van der Waals surface area contributed by atoms with E-state index in [1.54, 1.807) is 24.3 Å². The Balaban J connectivity index is 1.92. The van der Waals surface area contributed by atoms with Gasteiger partial charge in [-0.05, 0) is 83.6 Å². The van der Waals surface area contributed by atoms with Crippen LogP contribution in [-0.4, -0.2) is 14.5 Å². The van der Waals surface area contributed by atoms with Crippen LogP contribution in [0.3, 0.4) is 0 Å². The lowest BCUT2D eigenvalue weighted by atomic mass is 10.2. The lowest BCUT2D eigenvalue weighted by Gasteiger charge is -2.12. The van der Waals surface area contributed by atoms with Crippen LogP contribution in [0, 0.1) is 20.6 Å². The van der Waals surface area contributed by atoms with Crippen LogP contribution in [0.2, 0.25) is 0 Å². The average molecular weight is 499 g/mol. The van der Waals surface area contributed by atoms with Crippen molar-refractivity contribution in [2.45, 2.75) is 6.92 Å². The Hall–Kier alpha value is -3.27. The summed E-state index contributed by atoms with van der Waals surface area (Å²) in [5.41, 5.74) is 2.08. The molecule has 0 atom stereocenters. The molecule has 0 N–H and O–H groups in total. The summed E-state index contributed by atoms with van der Waals surface area (Å²) in [6.07, 6.45) is 3.17. The second-order valence-electron chi connectivity index (χ2n) is 6.38. The highest BCUT2D eigenvalue weighted by molar-refractivity contribution is 14.1. The number of halogens is 1. The van der Waals surface area contributed by atoms with Gasteiger partial charge < -0.3 is 4.42 Å². The van der Waals surface area contributed by atoms with Gasteiger partial charge >= 0.3 is 5.88 Å². The minimum atomic E-state index is -0.601. The summed E-state index contributed by atoms with van der Waals surface area (Å²) in [7, 11) is 0. The second-order valence-corrected chi connectivity index (χ2v) is 7.62. The van der Waals surface area contributed by atoms with Crippen molar-refractivity contribution in [1.82, 2.24) is 9.55 Å². The maximum Gasteiger partial charge on any atom is 0.433 e. The molecule has 29 heavy (non-hydrogen) atoms. The van der Waals surface area contributed by atoms with Gasteiger partial charge in [-0.1, -0.05) is 12.1 Å². The van der Waals surface area contributed by atoms with Gasteiger partial charge in [0.25, 0.3) is 5.56 Å². The SMILES string of the molecule is Cc1cccc(-n2c(/C=C/c3ccc([N+](=O)[O-])o3)nc3ccc(I)cc3c2=O)c1. The van der Waals surface area contributed by atoms with Crippen LogP contribution < -0.4 is 5.56 Å². The molecular weight excluding hydrogens is 485 g/mol. The largest absolute Gasteiger partial charge is 0.433 e.